The first-order chi connectivity index (χ1) is 19.5. The molecule has 1 N–H and O–H groups in total. The van der Waals surface area contributed by atoms with Gasteiger partial charge in [0.1, 0.15) is 12.4 Å². The molecule has 2 atom stereocenters. The zero-order valence-corrected chi connectivity index (χ0v) is 23.7. The Labute approximate surface area is 236 Å². The third kappa shape index (κ3) is 5.19. The van der Waals surface area contributed by atoms with E-state index in [2.05, 4.69) is 114 Å². The van der Waals surface area contributed by atoms with E-state index in [4.69, 9.17) is 4.74 Å². The number of fused-ring (bicyclic) bond motifs is 2. The van der Waals surface area contributed by atoms with E-state index < -0.39 is 0 Å². The van der Waals surface area contributed by atoms with E-state index in [0.29, 0.717) is 13.2 Å². The number of nitrogens with zero attached hydrogens (tertiary/aromatic N) is 4. The van der Waals surface area contributed by atoms with E-state index in [9.17, 15) is 4.79 Å². The Hall–Kier alpha value is -3.81. The van der Waals surface area contributed by atoms with Crippen molar-refractivity contribution in [2.24, 2.45) is 0 Å². The van der Waals surface area contributed by atoms with E-state index in [1.807, 2.05) is 11.0 Å². The van der Waals surface area contributed by atoms with E-state index in [-0.39, 0.29) is 17.9 Å². The second kappa shape index (κ2) is 11.4. The number of rotatable bonds is 7. The normalized spacial score (nSPS) is 17.5. The van der Waals surface area contributed by atoms with Gasteiger partial charge in [0.15, 0.2) is 0 Å². The predicted molar refractivity (Wildman–Crippen MR) is 162 cm³/mol. The minimum atomic E-state index is -0.291. The molecule has 0 aliphatic carbocycles. The largest absolute Gasteiger partial charge is 0.490 e. The van der Waals surface area contributed by atoms with Crippen molar-refractivity contribution in [2.75, 3.05) is 63.2 Å². The number of carbonyl (C=O) groups excluding carboxylic acids is 1. The summed E-state index contributed by atoms with van der Waals surface area (Å²) >= 11 is 0. The molecule has 4 aromatic rings. The molecule has 40 heavy (non-hydrogen) atoms. The summed E-state index contributed by atoms with van der Waals surface area (Å²) in [5, 5.41) is 1.19. The van der Waals surface area contributed by atoms with Gasteiger partial charge in [0, 0.05) is 61.4 Å². The topological polar surface area (TPSA) is 55.1 Å². The summed E-state index contributed by atoms with van der Waals surface area (Å²) in [6.07, 6.45) is 2.10. The molecule has 0 spiro atoms. The van der Waals surface area contributed by atoms with Crippen LogP contribution in [0.25, 0.3) is 10.9 Å². The van der Waals surface area contributed by atoms with Gasteiger partial charge in [0.25, 0.3) is 0 Å². The van der Waals surface area contributed by atoms with Gasteiger partial charge in [-0.3, -0.25) is 9.69 Å². The molecule has 0 radical (unpaired) electrons. The predicted octanol–water partition coefficient (Wildman–Crippen LogP) is 4.95. The fraction of sp³-hybridized carbons (Fsp3) is 0.364. The van der Waals surface area contributed by atoms with Crippen molar-refractivity contribution in [1.29, 1.82) is 0 Å². The van der Waals surface area contributed by atoms with E-state index in [0.717, 1.165) is 49.7 Å². The number of carbonyl (C=O) groups is 1. The second-order valence-electron chi connectivity index (χ2n) is 11.3. The molecule has 2 aliphatic heterocycles. The van der Waals surface area contributed by atoms with Gasteiger partial charge in [-0.05, 0) is 55.6 Å². The first kappa shape index (κ1) is 26.4. The number of benzene rings is 3. The van der Waals surface area contributed by atoms with Gasteiger partial charge >= 0.3 is 0 Å². The smallest absolute Gasteiger partial charge is 0.245 e. The van der Waals surface area contributed by atoms with Gasteiger partial charge in [0.05, 0.1) is 18.3 Å². The molecule has 1 aromatic heterocycles. The molecular weight excluding hydrogens is 498 g/mol. The summed E-state index contributed by atoms with van der Waals surface area (Å²) in [6, 6.07) is 24.9. The summed E-state index contributed by atoms with van der Waals surface area (Å²) in [6.45, 7) is 7.52. The van der Waals surface area contributed by atoms with Crippen molar-refractivity contribution < 1.29 is 9.53 Å². The lowest BCUT2D eigenvalue weighted by Gasteiger charge is -2.43. The number of amides is 1. The molecule has 6 rings (SSSR count). The maximum absolute atomic E-state index is 14.7. The van der Waals surface area contributed by atoms with Crippen LogP contribution >= 0.6 is 0 Å². The first-order valence-corrected chi connectivity index (χ1v) is 14.3. The van der Waals surface area contributed by atoms with Crippen LogP contribution in [0.4, 0.5) is 11.4 Å². The second-order valence-corrected chi connectivity index (χ2v) is 11.3. The van der Waals surface area contributed by atoms with Crippen molar-refractivity contribution in [2.45, 2.75) is 25.4 Å². The molecule has 7 nitrogen and oxygen atoms in total. The van der Waals surface area contributed by atoms with Gasteiger partial charge in [-0.15, -0.1) is 0 Å². The Morgan fingerprint density at radius 3 is 2.48 bits per heavy atom. The van der Waals surface area contributed by atoms with Crippen molar-refractivity contribution in [3.05, 3.63) is 90.1 Å². The Bertz CT molecular complexity index is 1460. The highest BCUT2D eigenvalue weighted by Crippen LogP contribution is 2.37. The van der Waals surface area contributed by atoms with Crippen LogP contribution in [0.1, 0.15) is 24.0 Å². The third-order valence-corrected chi connectivity index (χ3v) is 8.32. The molecule has 7 heteroatoms. The van der Waals surface area contributed by atoms with Crippen molar-refractivity contribution in [1.82, 2.24) is 14.8 Å². The lowest BCUT2D eigenvalue weighted by Crippen LogP contribution is -2.58. The summed E-state index contributed by atoms with van der Waals surface area (Å²) in [5.41, 5.74) is 5.59. The minimum absolute atomic E-state index is 0.00294. The van der Waals surface area contributed by atoms with Gasteiger partial charge in [-0.2, -0.15) is 0 Å². The lowest BCUT2D eigenvalue weighted by atomic mass is 9.90. The highest BCUT2D eigenvalue weighted by Gasteiger charge is 2.39. The molecule has 1 saturated heterocycles. The lowest BCUT2D eigenvalue weighted by molar-refractivity contribution is -0.125. The number of aromatic nitrogens is 1. The third-order valence-electron chi connectivity index (χ3n) is 8.32. The maximum Gasteiger partial charge on any atom is 0.245 e. The number of hydrogen-bond acceptors (Lipinski definition) is 5. The standard InChI is InChI=1S/C33H39N5O2/c1-24(28-22-34-29-12-8-7-11-27(28)29)32(37-17-15-36(16-18-37)26-9-5-4-6-10-26)33(39)38-19-20-40-31-14-13-25(21-30(31)38)23-35(2)3/h4-14,21-22,24,32,34H,15-20,23H2,1-3H3/t24-,32+/m0/s1. The Morgan fingerprint density at radius 1 is 0.950 bits per heavy atom. The molecule has 2 aliphatic rings. The number of nitrogens with one attached hydrogen (secondary N) is 1. The highest BCUT2D eigenvalue weighted by molar-refractivity contribution is 6.00. The summed E-state index contributed by atoms with van der Waals surface area (Å²) in [7, 11) is 4.12. The van der Waals surface area contributed by atoms with E-state index in [1.165, 1.54) is 22.2 Å². The molecule has 0 bridgehead atoms. The van der Waals surface area contributed by atoms with Gasteiger partial charge in [-0.1, -0.05) is 49.4 Å². The van der Waals surface area contributed by atoms with Gasteiger partial charge in [0.2, 0.25) is 5.91 Å². The van der Waals surface area contributed by atoms with Crippen LogP contribution < -0.4 is 14.5 Å². The Morgan fingerprint density at radius 2 is 1.70 bits per heavy atom. The van der Waals surface area contributed by atoms with Crippen LogP contribution in [0.5, 0.6) is 5.75 Å². The van der Waals surface area contributed by atoms with Crippen molar-refractivity contribution in [3.8, 4) is 5.75 Å². The van der Waals surface area contributed by atoms with Crippen LogP contribution in [0.3, 0.4) is 0 Å². The summed E-state index contributed by atoms with van der Waals surface area (Å²) in [4.78, 5) is 27.1. The molecule has 3 heterocycles. The van der Waals surface area contributed by atoms with E-state index >= 15 is 0 Å². The number of para-hydroxylation sites is 2. The average molecular weight is 538 g/mol. The summed E-state index contributed by atoms with van der Waals surface area (Å²) < 4.78 is 6.01. The number of H-pyrrole nitrogens is 1. The quantitative estimate of drug-likeness (QED) is 0.362. The SMILES string of the molecule is C[C@@H](c1c[nH]c2ccccc12)[C@H](C(=O)N1CCOc2ccc(CN(C)C)cc21)N1CCN(c2ccccc2)CC1. The van der Waals surface area contributed by atoms with Gasteiger partial charge in [-0.25, -0.2) is 0 Å². The van der Waals surface area contributed by atoms with Crippen LogP contribution in [0.2, 0.25) is 0 Å². The molecule has 1 amide bonds. The van der Waals surface area contributed by atoms with Crippen molar-refractivity contribution >= 4 is 28.2 Å². The van der Waals surface area contributed by atoms with Crippen LogP contribution in [0, 0.1) is 0 Å². The number of piperazine rings is 1. The molecule has 0 saturated carbocycles. The highest BCUT2D eigenvalue weighted by atomic mass is 16.5. The minimum Gasteiger partial charge on any atom is -0.490 e. The molecule has 0 unspecified atom stereocenters. The van der Waals surface area contributed by atoms with Crippen LogP contribution in [0.15, 0.2) is 79.0 Å². The molecule has 208 valence electrons. The Balaban J connectivity index is 1.33. The van der Waals surface area contributed by atoms with Crippen LogP contribution in [-0.2, 0) is 11.3 Å². The fourth-order valence-corrected chi connectivity index (χ4v) is 6.34. The first-order valence-electron chi connectivity index (χ1n) is 14.3. The number of anilines is 2. The molecular formula is C33H39N5O2. The van der Waals surface area contributed by atoms with Gasteiger partial charge < -0.3 is 24.4 Å². The summed E-state index contributed by atoms with van der Waals surface area (Å²) in [5.74, 6) is 0.940. The molecule has 1 fully saturated rings. The number of aromatic amines is 1. The van der Waals surface area contributed by atoms with Crippen molar-refractivity contribution in [3.63, 3.8) is 0 Å². The monoisotopic (exact) mass is 537 g/mol. The maximum atomic E-state index is 14.7. The zero-order chi connectivity index (χ0) is 27.6. The molecule has 3 aromatic carbocycles. The number of ether oxygens (including phenoxy) is 1. The van der Waals surface area contributed by atoms with E-state index in [1.54, 1.807) is 0 Å². The fourth-order valence-electron chi connectivity index (χ4n) is 6.34. The zero-order valence-electron chi connectivity index (χ0n) is 23.7. The average Bonchev–Trinajstić information content (AvgIpc) is 3.42. The Kier molecular flexibility index (Phi) is 7.50. The number of hydrogen-bond donors (Lipinski definition) is 1. The van der Waals surface area contributed by atoms with Crippen LogP contribution in [-0.4, -0.2) is 80.2 Å².